The van der Waals surface area contributed by atoms with Gasteiger partial charge in [0.15, 0.2) is 0 Å². The molecule has 1 saturated heterocycles. The maximum Gasteiger partial charge on any atom is 0.308 e. The fourth-order valence-electron chi connectivity index (χ4n) is 2.92. The minimum absolute atomic E-state index is 0.0422. The number of aliphatic carboxylic acids is 1. The summed E-state index contributed by atoms with van der Waals surface area (Å²) in [6.07, 6.45) is 1.41. The number of carboxylic acids is 1. The van der Waals surface area contributed by atoms with Crippen molar-refractivity contribution < 1.29 is 14.7 Å². The summed E-state index contributed by atoms with van der Waals surface area (Å²) in [5.41, 5.74) is 1.86. The summed E-state index contributed by atoms with van der Waals surface area (Å²) in [6.45, 7) is 0.298. The van der Waals surface area contributed by atoms with Gasteiger partial charge in [-0.05, 0) is 30.2 Å². The molecule has 0 aromatic heterocycles. The third-order valence-corrected chi connectivity index (χ3v) is 5.21. The number of hydrogen-bond acceptors (Lipinski definition) is 3. The van der Waals surface area contributed by atoms with E-state index in [9.17, 15) is 14.7 Å². The van der Waals surface area contributed by atoms with Crippen molar-refractivity contribution in [3.8, 4) is 0 Å². The van der Waals surface area contributed by atoms with E-state index in [-0.39, 0.29) is 11.8 Å². The van der Waals surface area contributed by atoms with Crippen molar-refractivity contribution in [2.45, 2.75) is 12.8 Å². The van der Waals surface area contributed by atoms with E-state index in [1.54, 1.807) is 16.7 Å². The molecule has 2 aliphatic rings. The van der Waals surface area contributed by atoms with Crippen LogP contribution in [0.5, 0.6) is 0 Å². The normalized spacial score (nSPS) is 25.3. The minimum Gasteiger partial charge on any atom is -0.481 e. The molecule has 4 nitrogen and oxygen atoms in total. The van der Waals surface area contributed by atoms with Crippen LogP contribution in [-0.4, -0.2) is 35.0 Å². The summed E-state index contributed by atoms with van der Waals surface area (Å²) < 4.78 is 0. The predicted octanol–water partition coefficient (Wildman–Crippen LogP) is 2.03. The van der Waals surface area contributed by atoms with Crippen molar-refractivity contribution in [2.75, 3.05) is 23.0 Å². The van der Waals surface area contributed by atoms with E-state index in [1.807, 2.05) is 24.3 Å². The number of carbonyl (C=O) groups is 2. The molecule has 2 aliphatic heterocycles. The number of anilines is 1. The van der Waals surface area contributed by atoms with Crippen molar-refractivity contribution in [3.63, 3.8) is 0 Å². The second-order valence-corrected chi connectivity index (χ2v) is 6.53. The highest BCUT2D eigenvalue weighted by molar-refractivity contribution is 7.99. The van der Waals surface area contributed by atoms with Crippen LogP contribution in [0.2, 0.25) is 0 Å². The van der Waals surface area contributed by atoms with Crippen LogP contribution in [-0.2, 0) is 16.0 Å². The summed E-state index contributed by atoms with van der Waals surface area (Å²) in [5, 5.41) is 9.29. The van der Waals surface area contributed by atoms with Crippen LogP contribution in [0.15, 0.2) is 24.3 Å². The predicted molar refractivity (Wildman–Crippen MR) is 79.1 cm³/mol. The highest BCUT2D eigenvalue weighted by Gasteiger charge is 2.35. The van der Waals surface area contributed by atoms with E-state index < -0.39 is 11.9 Å². The SMILES string of the molecule is O=C(O)C1Cc2ccccc2N(C(=O)C2CCSC2)C1. The number of rotatable bonds is 2. The van der Waals surface area contributed by atoms with Crippen molar-refractivity contribution in [1.29, 1.82) is 0 Å². The smallest absolute Gasteiger partial charge is 0.308 e. The first-order chi connectivity index (χ1) is 9.66. The average molecular weight is 291 g/mol. The lowest BCUT2D eigenvalue weighted by Gasteiger charge is -2.34. The third kappa shape index (κ3) is 2.42. The summed E-state index contributed by atoms with van der Waals surface area (Å²) in [6, 6.07) is 7.66. The van der Waals surface area contributed by atoms with Crippen LogP contribution in [0.25, 0.3) is 0 Å². The standard InChI is InChI=1S/C15H17NO3S/c17-14(11-5-6-20-9-11)16-8-12(15(18)19)7-10-3-1-2-4-13(10)16/h1-4,11-12H,5-9H2,(H,18,19). The Morgan fingerprint density at radius 3 is 2.75 bits per heavy atom. The molecule has 2 heterocycles. The van der Waals surface area contributed by atoms with Crippen molar-refractivity contribution >= 4 is 29.3 Å². The van der Waals surface area contributed by atoms with Gasteiger partial charge in [0.1, 0.15) is 0 Å². The molecule has 1 amide bonds. The van der Waals surface area contributed by atoms with Gasteiger partial charge in [0.05, 0.1) is 5.92 Å². The van der Waals surface area contributed by atoms with E-state index >= 15 is 0 Å². The van der Waals surface area contributed by atoms with Gasteiger partial charge in [0.25, 0.3) is 0 Å². The van der Waals surface area contributed by atoms with Gasteiger partial charge in [0, 0.05) is 23.9 Å². The maximum atomic E-state index is 12.7. The lowest BCUT2D eigenvalue weighted by molar-refractivity contribution is -0.141. The van der Waals surface area contributed by atoms with E-state index in [0.717, 1.165) is 29.2 Å². The highest BCUT2D eigenvalue weighted by atomic mass is 32.2. The zero-order valence-electron chi connectivity index (χ0n) is 11.1. The second kappa shape index (κ2) is 5.48. The van der Waals surface area contributed by atoms with Gasteiger partial charge >= 0.3 is 5.97 Å². The second-order valence-electron chi connectivity index (χ2n) is 5.38. The number of hydrogen-bond donors (Lipinski definition) is 1. The van der Waals surface area contributed by atoms with Crippen LogP contribution < -0.4 is 4.90 Å². The molecular weight excluding hydrogens is 274 g/mol. The number of thioether (sulfide) groups is 1. The largest absolute Gasteiger partial charge is 0.481 e. The molecule has 1 fully saturated rings. The molecule has 2 atom stereocenters. The molecule has 20 heavy (non-hydrogen) atoms. The van der Waals surface area contributed by atoms with E-state index in [2.05, 4.69) is 0 Å². The van der Waals surface area contributed by atoms with Gasteiger partial charge in [-0.2, -0.15) is 11.8 Å². The highest BCUT2D eigenvalue weighted by Crippen LogP contribution is 2.33. The molecule has 5 heteroatoms. The number of benzene rings is 1. The number of carboxylic acid groups (broad SMARTS) is 1. The Labute approximate surface area is 122 Å². The lowest BCUT2D eigenvalue weighted by Crippen LogP contribution is -2.45. The lowest BCUT2D eigenvalue weighted by atomic mass is 9.91. The fraction of sp³-hybridized carbons (Fsp3) is 0.467. The van der Waals surface area contributed by atoms with Crippen molar-refractivity contribution in [3.05, 3.63) is 29.8 Å². The van der Waals surface area contributed by atoms with Crippen LogP contribution in [0.1, 0.15) is 12.0 Å². The minimum atomic E-state index is -0.821. The monoisotopic (exact) mass is 291 g/mol. The van der Waals surface area contributed by atoms with Gasteiger partial charge in [-0.1, -0.05) is 18.2 Å². The first-order valence-electron chi connectivity index (χ1n) is 6.86. The number of fused-ring (bicyclic) bond motifs is 1. The summed E-state index contributed by atoms with van der Waals surface area (Å²) in [4.78, 5) is 25.7. The van der Waals surface area contributed by atoms with Gasteiger partial charge in [-0.3, -0.25) is 9.59 Å². The quantitative estimate of drug-likeness (QED) is 0.906. The number of para-hydroxylation sites is 1. The van der Waals surface area contributed by atoms with Gasteiger partial charge in [-0.15, -0.1) is 0 Å². The zero-order valence-corrected chi connectivity index (χ0v) is 11.9. The Bertz CT molecular complexity index is 540. The Morgan fingerprint density at radius 2 is 2.05 bits per heavy atom. The van der Waals surface area contributed by atoms with Crippen LogP contribution in [0.3, 0.4) is 0 Å². The molecule has 0 bridgehead atoms. The van der Waals surface area contributed by atoms with E-state index in [4.69, 9.17) is 0 Å². The molecule has 0 spiro atoms. The van der Waals surface area contributed by atoms with Gasteiger partial charge in [0.2, 0.25) is 5.91 Å². The van der Waals surface area contributed by atoms with Crippen LogP contribution >= 0.6 is 11.8 Å². The molecule has 0 saturated carbocycles. The van der Waals surface area contributed by atoms with E-state index in [0.29, 0.717) is 13.0 Å². The molecule has 0 aliphatic carbocycles. The number of carbonyl (C=O) groups excluding carboxylic acids is 1. The number of nitrogens with zero attached hydrogens (tertiary/aromatic N) is 1. The maximum absolute atomic E-state index is 12.7. The van der Waals surface area contributed by atoms with Crippen LogP contribution in [0, 0.1) is 11.8 Å². The summed E-state index contributed by atoms with van der Waals surface area (Å²) >= 11 is 1.80. The first-order valence-corrected chi connectivity index (χ1v) is 8.02. The van der Waals surface area contributed by atoms with Crippen molar-refractivity contribution in [1.82, 2.24) is 0 Å². The molecule has 0 radical (unpaired) electrons. The molecule has 2 unspecified atom stereocenters. The topological polar surface area (TPSA) is 57.6 Å². The van der Waals surface area contributed by atoms with Gasteiger partial charge in [-0.25, -0.2) is 0 Å². The molecule has 106 valence electrons. The average Bonchev–Trinajstić information content (AvgIpc) is 2.99. The first kappa shape index (κ1) is 13.5. The molecular formula is C15H17NO3S. The number of amides is 1. The Morgan fingerprint density at radius 1 is 1.25 bits per heavy atom. The Balaban J connectivity index is 1.91. The molecule has 1 N–H and O–H groups in total. The molecule has 3 rings (SSSR count). The fourth-order valence-corrected chi connectivity index (χ4v) is 4.13. The van der Waals surface area contributed by atoms with E-state index in [1.165, 1.54) is 0 Å². The Hall–Kier alpha value is -1.49. The molecule has 1 aromatic carbocycles. The summed E-state index contributed by atoms with van der Waals surface area (Å²) in [5.74, 6) is 0.693. The molecule has 1 aromatic rings. The van der Waals surface area contributed by atoms with Gasteiger partial charge < -0.3 is 10.0 Å². The summed E-state index contributed by atoms with van der Waals surface area (Å²) in [7, 11) is 0. The Kier molecular flexibility index (Phi) is 3.70. The zero-order chi connectivity index (χ0) is 14.1. The van der Waals surface area contributed by atoms with Crippen LogP contribution in [0.4, 0.5) is 5.69 Å². The van der Waals surface area contributed by atoms with Crippen molar-refractivity contribution in [2.24, 2.45) is 11.8 Å². The third-order valence-electron chi connectivity index (χ3n) is 4.05.